The van der Waals surface area contributed by atoms with Crippen molar-refractivity contribution in [3.8, 4) is 0 Å². The highest BCUT2D eigenvalue weighted by Gasteiger charge is 2.25. The van der Waals surface area contributed by atoms with E-state index >= 15 is 0 Å². The molecule has 0 aliphatic heterocycles. The fourth-order valence-corrected chi connectivity index (χ4v) is 2.99. The van der Waals surface area contributed by atoms with Gasteiger partial charge in [-0.2, -0.15) is 0 Å². The number of hydrogen-bond donors (Lipinski definition) is 4. The summed E-state index contributed by atoms with van der Waals surface area (Å²) in [6.45, 7) is 11.2. The number of aliphatic hydroxyl groups is 1. The predicted molar refractivity (Wildman–Crippen MR) is 112 cm³/mol. The maximum Gasteiger partial charge on any atom is 0.251 e. The van der Waals surface area contributed by atoms with Gasteiger partial charge in [-0.1, -0.05) is 26.0 Å². The van der Waals surface area contributed by atoms with Crippen LogP contribution in [0.5, 0.6) is 0 Å². The van der Waals surface area contributed by atoms with E-state index < -0.39 is 0 Å². The first-order valence-corrected chi connectivity index (χ1v) is 10.0. The second-order valence-electron chi connectivity index (χ2n) is 6.79. The van der Waals surface area contributed by atoms with Gasteiger partial charge < -0.3 is 21.1 Å². The van der Waals surface area contributed by atoms with Crippen LogP contribution < -0.4 is 16.0 Å². The van der Waals surface area contributed by atoms with Crippen molar-refractivity contribution >= 4 is 11.9 Å². The molecule has 1 amide bonds. The van der Waals surface area contributed by atoms with E-state index in [1.165, 1.54) is 0 Å². The Balaban J connectivity index is 2.74. The number of nitrogens with one attached hydrogen (secondary N) is 3. The topological polar surface area (TPSA) is 85.8 Å². The molecule has 0 bridgehead atoms. The Labute approximate surface area is 163 Å². The second kappa shape index (κ2) is 12.3. The van der Waals surface area contributed by atoms with Crippen molar-refractivity contribution < 1.29 is 9.90 Å². The molecule has 27 heavy (non-hydrogen) atoms. The van der Waals surface area contributed by atoms with Crippen LogP contribution in [0.25, 0.3) is 0 Å². The van der Waals surface area contributed by atoms with Crippen LogP contribution >= 0.6 is 0 Å². The quantitative estimate of drug-likeness (QED) is 0.353. The highest BCUT2D eigenvalue weighted by molar-refractivity contribution is 5.94. The lowest BCUT2D eigenvalue weighted by molar-refractivity contribution is 0.0956. The van der Waals surface area contributed by atoms with Gasteiger partial charge in [0.05, 0.1) is 6.54 Å². The van der Waals surface area contributed by atoms with Crippen molar-refractivity contribution in [2.24, 2.45) is 10.4 Å². The molecule has 1 aromatic carbocycles. The molecular weight excluding hydrogens is 340 g/mol. The number of aliphatic imine (C=N–C) groups is 1. The van der Waals surface area contributed by atoms with Gasteiger partial charge in [-0.05, 0) is 56.2 Å². The molecule has 1 aromatic rings. The fourth-order valence-electron chi connectivity index (χ4n) is 2.99. The summed E-state index contributed by atoms with van der Waals surface area (Å²) in [5.74, 6) is 0.719. The number of rotatable bonds is 11. The van der Waals surface area contributed by atoms with Crippen LogP contribution in [0.1, 0.15) is 62.9 Å². The van der Waals surface area contributed by atoms with E-state index in [4.69, 9.17) is 0 Å². The Morgan fingerprint density at radius 3 is 2.15 bits per heavy atom. The molecule has 6 heteroatoms. The summed E-state index contributed by atoms with van der Waals surface area (Å²) in [7, 11) is 0. The first-order valence-electron chi connectivity index (χ1n) is 10.0. The summed E-state index contributed by atoms with van der Waals surface area (Å²) in [6, 6.07) is 7.53. The van der Waals surface area contributed by atoms with Gasteiger partial charge in [0.1, 0.15) is 0 Å². The van der Waals surface area contributed by atoms with Crippen LogP contribution in [0, 0.1) is 5.41 Å². The lowest BCUT2D eigenvalue weighted by atomic mass is 9.79. The molecule has 0 spiro atoms. The van der Waals surface area contributed by atoms with Gasteiger partial charge in [-0.3, -0.25) is 4.79 Å². The number of benzene rings is 1. The van der Waals surface area contributed by atoms with Crippen LogP contribution in [0.2, 0.25) is 0 Å². The molecule has 0 radical (unpaired) electrons. The Morgan fingerprint density at radius 1 is 1.00 bits per heavy atom. The van der Waals surface area contributed by atoms with E-state index in [2.05, 4.69) is 34.8 Å². The smallest absolute Gasteiger partial charge is 0.251 e. The van der Waals surface area contributed by atoms with E-state index in [0.717, 1.165) is 43.9 Å². The maximum atomic E-state index is 11.8. The lowest BCUT2D eigenvalue weighted by Gasteiger charge is -2.32. The molecule has 1 rings (SSSR count). The van der Waals surface area contributed by atoms with Crippen LogP contribution in [-0.4, -0.2) is 43.2 Å². The van der Waals surface area contributed by atoms with E-state index in [9.17, 15) is 9.90 Å². The van der Waals surface area contributed by atoms with Gasteiger partial charge >= 0.3 is 0 Å². The first-order chi connectivity index (χ1) is 13.0. The minimum Gasteiger partial charge on any atom is -0.396 e. The Kier molecular flexibility index (Phi) is 10.5. The molecule has 0 unspecified atom stereocenters. The molecule has 0 aliphatic rings. The fraction of sp³-hybridized carbons (Fsp3) is 0.619. The summed E-state index contributed by atoms with van der Waals surface area (Å²) in [5, 5.41) is 18.9. The van der Waals surface area contributed by atoms with Gasteiger partial charge in [-0.25, -0.2) is 4.99 Å². The average Bonchev–Trinajstić information content (AvgIpc) is 2.69. The van der Waals surface area contributed by atoms with Crippen LogP contribution in [-0.2, 0) is 6.54 Å². The predicted octanol–water partition coefficient (Wildman–Crippen LogP) is 2.68. The highest BCUT2D eigenvalue weighted by atomic mass is 16.3. The number of nitrogens with zero attached hydrogens (tertiary/aromatic N) is 1. The van der Waals surface area contributed by atoms with Gasteiger partial charge in [0.15, 0.2) is 5.96 Å². The molecule has 0 saturated carbocycles. The Bertz CT molecular complexity index is 580. The third-order valence-electron chi connectivity index (χ3n) is 5.09. The molecule has 0 heterocycles. The van der Waals surface area contributed by atoms with Gasteiger partial charge in [-0.15, -0.1) is 0 Å². The Morgan fingerprint density at radius 2 is 1.63 bits per heavy atom. The zero-order chi connectivity index (χ0) is 20.1. The SMILES string of the molecule is CCNC(=O)c1ccc(CN=C(NCC)NCC(CC)(CC)CCO)cc1. The maximum absolute atomic E-state index is 11.8. The molecule has 4 N–H and O–H groups in total. The van der Waals surface area contributed by atoms with Gasteiger partial charge in [0, 0.05) is 31.8 Å². The second-order valence-corrected chi connectivity index (χ2v) is 6.79. The van der Waals surface area contributed by atoms with Crippen LogP contribution in [0.3, 0.4) is 0 Å². The number of aliphatic hydroxyl groups excluding tert-OH is 1. The van der Waals surface area contributed by atoms with Crippen molar-refractivity contribution in [1.29, 1.82) is 0 Å². The molecular formula is C21H36N4O2. The van der Waals surface area contributed by atoms with Crippen LogP contribution in [0.4, 0.5) is 0 Å². The first kappa shape index (κ1) is 23.0. The Hall–Kier alpha value is -2.08. The summed E-state index contributed by atoms with van der Waals surface area (Å²) in [4.78, 5) is 16.5. The highest BCUT2D eigenvalue weighted by Crippen LogP contribution is 2.29. The van der Waals surface area contributed by atoms with Crippen molar-refractivity contribution in [3.63, 3.8) is 0 Å². The number of hydrogen-bond acceptors (Lipinski definition) is 3. The minimum atomic E-state index is -0.0538. The normalized spacial score (nSPS) is 12.0. The summed E-state index contributed by atoms with van der Waals surface area (Å²) in [5.41, 5.74) is 1.79. The largest absolute Gasteiger partial charge is 0.396 e. The monoisotopic (exact) mass is 376 g/mol. The van der Waals surface area contributed by atoms with E-state index in [-0.39, 0.29) is 17.9 Å². The van der Waals surface area contributed by atoms with Gasteiger partial charge in [0.2, 0.25) is 0 Å². The van der Waals surface area contributed by atoms with E-state index in [1.807, 2.05) is 38.1 Å². The van der Waals surface area contributed by atoms with Crippen molar-refractivity contribution in [2.75, 3.05) is 26.2 Å². The zero-order valence-electron chi connectivity index (χ0n) is 17.3. The summed E-state index contributed by atoms with van der Waals surface area (Å²) in [6.07, 6.45) is 2.81. The molecule has 152 valence electrons. The standard InChI is InChI=1S/C21H36N4O2/c1-5-21(6-2,13-14-26)16-25-20(23-8-4)24-15-17-9-11-18(12-10-17)19(27)22-7-3/h9-12,26H,5-8,13-16H2,1-4H3,(H,22,27)(H2,23,24,25). The summed E-state index contributed by atoms with van der Waals surface area (Å²) < 4.78 is 0. The molecule has 0 saturated heterocycles. The van der Waals surface area contributed by atoms with E-state index in [1.54, 1.807) is 0 Å². The molecule has 0 fully saturated rings. The molecule has 6 nitrogen and oxygen atoms in total. The average molecular weight is 377 g/mol. The lowest BCUT2D eigenvalue weighted by Crippen LogP contribution is -2.43. The van der Waals surface area contributed by atoms with Crippen molar-refractivity contribution in [3.05, 3.63) is 35.4 Å². The number of guanidine groups is 1. The van der Waals surface area contributed by atoms with Gasteiger partial charge in [0.25, 0.3) is 5.91 Å². The third kappa shape index (κ3) is 7.59. The number of carbonyl (C=O) groups is 1. The summed E-state index contributed by atoms with van der Waals surface area (Å²) >= 11 is 0. The zero-order valence-corrected chi connectivity index (χ0v) is 17.3. The van der Waals surface area contributed by atoms with E-state index in [0.29, 0.717) is 18.7 Å². The number of carbonyl (C=O) groups excluding carboxylic acids is 1. The van der Waals surface area contributed by atoms with Crippen molar-refractivity contribution in [1.82, 2.24) is 16.0 Å². The van der Waals surface area contributed by atoms with Crippen molar-refractivity contribution in [2.45, 2.75) is 53.5 Å². The third-order valence-corrected chi connectivity index (χ3v) is 5.09. The molecule has 0 aliphatic carbocycles. The van der Waals surface area contributed by atoms with Crippen LogP contribution in [0.15, 0.2) is 29.3 Å². The number of amides is 1. The molecule has 0 aromatic heterocycles. The minimum absolute atomic E-state index is 0.0538. The molecule has 0 atom stereocenters.